The maximum atomic E-state index is 14.5. The normalized spacial score (nSPS) is 14.3. The first kappa shape index (κ1) is 17.6. The topological polar surface area (TPSA) is 38.1 Å². The summed E-state index contributed by atoms with van der Waals surface area (Å²) in [7, 11) is 0. The van der Waals surface area contributed by atoms with E-state index in [4.69, 9.17) is 0 Å². The number of aromatic nitrogens is 2. The smallest absolute Gasteiger partial charge is 0.242 e. The molecular weight excluding hydrogens is 348 g/mol. The summed E-state index contributed by atoms with van der Waals surface area (Å²) >= 11 is 0. The van der Waals surface area contributed by atoms with Gasteiger partial charge >= 0.3 is 0 Å². The van der Waals surface area contributed by atoms with E-state index in [-0.39, 0.29) is 18.0 Å². The van der Waals surface area contributed by atoms with E-state index in [0.717, 1.165) is 42.5 Å². The molecule has 140 valence electrons. The first-order valence-corrected chi connectivity index (χ1v) is 9.14. The molecule has 1 aliphatic rings. The SMILES string of the molecule is Cc1c(F)ccc(-c2cnc3c(C)cn(CC(=O)N4CCCC4)c3c2)c1F. The summed E-state index contributed by atoms with van der Waals surface area (Å²) in [5.74, 6) is -1.07. The number of fused-ring (bicyclic) bond motifs is 1. The highest BCUT2D eigenvalue weighted by Crippen LogP contribution is 2.29. The van der Waals surface area contributed by atoms with Crippen LogP contribution in [0.2, 0.25) is 0 Å². The maximum Gasteiger partial charge on any atom is 0.242 e. The van der Waals surface area contributed by atoms with Gasteiger partial charge in [0.1, 0.15) is 18.2 Å². The molecule has 0 bridgehead atoms. The molecule has 0 atom stereocenters. The predicted octanol–water partition coefficient (Wildman–Crippen LogP) is 4.22. The fourth-order valence-electron chi connectivity index (χ4n) is 3.72. The number of halogens is 2. The van der Waals surface area contributed by atoms with Gasteiger partial charge < -0.3 is 9.47 Å². The van der Waals surface area contributed by atoms with Crippen LogP contribution in [0.4, 0.5) is 8.78 Å². The van der Waals surface area contributed by atoms with Crippen LogP contribution in [0.5, 0.6) is 0 Å². The fourth-order valence-corrected chi connectivity index (χ4v) is 3.72. The molecule has 0 saturated carbocycles. The van der Waals surface area contributed by atoms with Crippen LogP contribution >= 0.6 is 0 Å². The van der Waals surface area contributed by atoms with Crippen LogP contribution in [0.15, 0.2) is 30.6 Å². The van der Waals surface area contributed by atoms with Crippen LogP contribution in [-0.4, -0.2) is 33.4 Å². The number of aryl methyl sites for hydroxylation is 1. The summed E-state index contributed by atoms with van der Waals surface area (Å²) in [4.78, 5) is 18.9. The Kier molecular flexibility index (Phi) is 4.42. The summed E-state index contributed by atoms with van der Waals surface area (Å²) in [6, 6.07) is 4.51. The first-order chi connectivity index (χ1) is 13.0. The second kappa shape index (κ2) is 6.76. The molecule has 1 amide bonds. The second-order valence-corrected chi connectivity index (χ2v) is 7.15. The van der Waals surface area contributed by atoms with Crippen molar-refractivity contribution in [1.29, 1.82) is 0 Å². The quantitative estimate of drug-likeness (QED) is 0.693. The van der Waals surface area contributed by atoms with E-state index in [1.165, 1.54) is 19.1 Å². The lowest BCUT2D eigenvalue weighted by Crippen LogP contribution is -2.30. The zero-order valence-corrected chi connectivity index (χ0v) is 15.4. The van der Waals surface area contributed by atoms with Crippen LogP contribution in [0.3, 0.4) is 0 Å². The zero-order valence-electron chi connectivity index (χ0n) is 15.4. The maximum absolute atomic E-state index is 14.5. The number of carbonyl (C=O) groups excluding carboxylic acids is 1. The van der Waals surface area contributed by atoms with Crippen molar-refractivity contribution in [3.63, 3.8) is 0 Å². The van der Waals surface area contributed by atoms with Gasteiger partial charge in [0, 0.05) is 42.2 Å². The molecule has 3 aromatic rings. The molecule has 0 spiro atoms. The molecule has 6 heteroatoms. The number of carbonyl (C=O) groups is 1. The van der Waals surface area contributed by atoms with Crippen molar-refractivity contribution in [2.75, 3.05) is 13.1 Å². The summed E-state index contributed by atoms with van der Waals surface area (Å²) in [6.07, 6.45) is 5.59. The first-order valence-electron chi connectivity index (χ1n) is 9.14. The molecule has 1 saturated heterocycles. The highest BCUT2D eigenvalue weighted by atomic mass is 19.1. The Hall–Kier alpha value is -2.76. The monoisotopic (exact) mass is 369 g/mol. The van der Waals surface area contributed by atoms with Gasteiger partial charge in [-0.2, -0.15) is 0 Å². The van der Waals surface area contributed by atoms with Crippen molar-refractivity contribution >= 4 is 16.9 Å². The Balaban J connectivity index is 1.75. The van der Waals surface area contributed by atoms with Gasteiger partial charge in [0.2, 0.25) is 5.91 Å². The molecule has 0 radical (unpaired) electrons. The van der Waals surface area contributed by atoms with Gasteiger partial charge in [-0.15, -0.1) is 0 Å². The summed E-state index contributed by atoms with van der Waals surface area (Å²) in [5, 5.41) is 0. The van der Waals surface area contributed by atoms with Crippen molar-refractivity contribution in [1.82, 2.24) is 14.5 Å². The van der Waals surface area contributed by atoms with Gasteiger partial charge in [-0.25, -0.2) is 8.78 Å². The molecule has 1 aliphatic heterocycles. The van der Waals surface area contributed by atoms with E-state index in [0.29, 0.717) is 11.1 Å². The Morgan fingerprint density at radius 2 is 1.93 bits per heavy atom. The van der Waals surface area contributed by atoms with E-state index in [2.05, 4.69) is 4.98 Å². The lowest BCUT2D eigenvalue weighted by Gasteiger charge is -2.16. The van der Waals surface area contributed by atoms with Gasteiger partial charge in [-0.05, 0) is 50.5 Å². The van der Waals surface area contributed by atoms with E-state index < -0.39 is 11.6 Å². The minimum absolute atomic E-state index is 0.0108. The number of nitrogens with zero attached hydrogens (tertiary/aromatic N) is 3. The van der Waals surface area contributed by atoms with E-state index in [9.17, 15) is 13.6 Å². The van der Waals surface area contributed by atoms with Gasteiger partial charge in [0.15, 0.2) is 0 Å². The molecule has 0 unspecified atom stereocenters. The number of amides is 1. The highest BCUT2D eigenvalue weighted by Gasteiger charge is 2.20. The summed E-state index contributed by atoms with van der Waals surface area (Å²) in [5.41, 5.74) is 3.38. The van der Waals surface area contributed by atoms with E-state index in [1.54, 1.807) is 6.20 Å². The van der Waals surface area contributed by atoms with Crippen molar-refractivity contribution in [2.45, 2.75) is 33.2 Å². The van der Waals surface area contributed by atoms with E-state index in [1.807, 2.05) is 28.7 Å². The highest BCUT2D eigenvalue weighted by molar-refractivity contribution is 5.86. The van der Waals surface area contributed by atoms with E-state index >= 15 is 0 Å². The van der Waals surface area contributed by atoms with Gasteiger partial charge in [0.25, 0.3) is 0 Å². The Morgan fingerprint density at radius 3 is 2.67 bits per heavy atom. The van der Waals surface area contributed by atoms with Crippen molar-refractivity contribution < 1.29 is 13.6 Å². The minimum atomic E-state index is -0.584. The van der Waals surface area contributed by atoms with Gasteiger partial charge in [-0.1, -0.05) is 0 Å². The van der Waals surface area contributed by atoms with Crippen LogP contribution in [0, 0.1) is 25.5 Å². The van der Waals surface area contributed by atoms with Gasteiger partial charge in [0.05, 0.1) is 11.0 Å². The zero-order chi connectivity index (χ0) is 19.1. The summed E-state index contributed by atoms with van der Waals surface area (Å²) in [6.45, 7) is 5.21. The van der Waals surface area contributed by atoms with Crippen molar-refractivity contribution in [3.05, 3.63) is 53.4 Å². The van der Waals surface area contributed by atoms with Crippen molar-refractivity contribution in [2.24, 2.45) is 0 Å². The number of hydrogen-bond acceptors (Lipinski definition) is 2. The Bertz CT molecular complexity index is 1040. The Morgan fingerprint density at radius 1 is 1.19 bits per heavy atom. The largest absolute Gasteiger partial charge is 0.341 e. The third-order valence-electron chi connectivity index (χ3n) is 5.30. The number of benzene rings is 1. The molecule has 2 aromatic heterocycles. The molecule has 1 fully saturated rings. The molecule has 0 N–H and O–H groups in total. The second-order valence-electron chi connectivity index (χ2n) is 7.15. The van der Waals surface area contributed by atoms with Crippen LogP contribution in [-0.2, 0) is 11.3 Å². The molecule has 27 heavy (non-hydrogen) atoms. The number of likely N-dealkylation sites (tertiary alicyclic amines) is 1. The molecular formula is C21H21F2N3O. The van der Waals surface area contributed by atoms with Gasteiger partial charge in [-0.3, -0.25) is 9.78 Å². The molecule has 3 heterocycles. The average Bonchev–Trinajstić information content (AvgIpc) is 3.29. The average molecular weight is 369 g/mol. The molecule has 1 aromatic carbocycles. The fraction of sp³-hybridized carbons (Fsp3) is 0.333. The van der Waals surface area contributed by atoms with Crippen LogP contribution in [0.25, 0.3) is 22.2 Å². The third kappa shape index (κ3) is 3.09. The number of rotatable bonds is 3. The standard InChI is InChI=1S/C21H21F2N3O/c1-13-11-26(12-19(27)25-7-3-4-8-25)18-9-15(10-24-21(13)18)16-5-6-17(22)14(2)20(16)23/h5-6,9-11H,3-4,7-8,12H2,1-2H3. The number of hydrogen-bond donors (Lipinski definition) is 0. The predicted molar refractivity (Wildman–Crippen MR) is 100 cm³/mol. The lowest BCUT2D eigenvalue weighted by molar-refractivity contribution is -0.130. The molecule has 4 rings (SSSR count). The van der Waals surface area contributed by atoms with Crippen molar-refractivity contribution in [3.8, 4) is 11.1 Å². The summed E-state index contributed by atoms with van der Waals surface area (Å²) < 4.78 is 30.0. The lowest BCUT2D eigenvalue weighted by atomic mass is 10.0. The minimum Gasteiger partial charge on any atom is -0.341 e. The van der Waals surface area contributed by atoms with Crippen LogP contribution < -0.4 is 0 Å². The molecule has 4 nitrogen and oxygen atoms in total. The third-order valence-corrected chi connectivity index (χ3v) is 5.30. The Labute approximate surface area is 156 Å². The molecule has 0 aliphatic carbocycles. The number of pyridine rings is 1. The van der Waals surface area contributed by atoms with Crippen LogP contribution in [0.1, 0.15) is 24.0 Å².